The van der Waals surface area contributed by atoms with E-state index in [2.05, 4.69) is 6.07 Å². The average Bonchev–Trinajstić information content (AvgIpc) is 3.37. The van der Waals surface area contributed by atoms with E-state index in [0.29, 0.717) is 0 Å². The topological polar surface area (TPSA) is 38.1 Å². The molecule has 3 aromatic rings. The summed E-state index contributed by atoms with van der Waals surface area (Å²) in [6.07, 6.45) is 9.01. The summed E-state index contributed by atoms with van der Waals surface area (Å²) in [6.45, 7) is 1.73. The number of hydrogen-bond donors (Lipinski definition) is 0. The van der Waals surface area contributed by atoms with E-state index in [0.717, 1.165) is 47.8 Å². The predicted octanol–water partition coefficient (Wildman–Crippen LogP) is 4.63. The molecule has 3 heterocycles. The maximum Gasteiger partial charge on any atom is 0.246 e. The van der Waals surface area contributed by atoms with Crippen molar-refractivity contribution in [2.45, 2.75) is 19.3 Å². The fourth-order valence-corrected chi connectivity index (χ4v) is 3.94. The number of nitrogens with zero attached hydrogens (tertiary/aromatic N) is 3. The van der Waals surface area contributed by atoms with Gasteiger partial charge in [0.05, 0.1) is 10.6 Å². The molecular weight excluding hydrogens is 342 g/mol. The smallest absolute Gasteiger partial charge is 0.246 e. The van der Waals surface area contributed by atoms with Gasteiger partial charge in [-0.3, -0.25) is 4.79 Å². The Bertz CT molecular complexity index is 891. The van der Waals surface area contributed by atoms with Gasteiger partial charge in [0.2, 0.25) is 5.91 Å². The molecule has 0 bridgehead atoms. The van der Waals surface area contributed by atoms with Crippen LogP contribution in [0, 0.1) is 0 Å². The first kappa shape index (κ1) is 16.8. The summed E-state index contributed by atoms with van der Waals surface area (Å²) in [5.74, 6) is 0.0919. The van der Waals surface area contributed by atoms with Crippen LogP contribution in [0.5, 0.6) is 0 Å². The number of rotatable bonds is 4. The summed E-state index contributed by atoms with van der Waals surface area (Å²) in [5, 5.41) is 6.81. The van der Waals surface area contributed by atoms with Crippen molar-refractivity contribution in [3.63, 3.8) is 0 Å². The Morgan fingerprint density at radius 3 is 2.58 bits per heavy atom. The molecule has 1 aliphatic rings. The lowest BCUT2D eigenvalue weighted by molar-refractivity contribution is -0.126. The van der Waals surface area contributed by atoms with Crippen LogP contribution in [0.25, 0.3) is 22.3 Å². The second-order valence-electron chi connectivity index (χ2n) is 6.41. The minimum Gasteiger partial charge on any atom is -0.339 e. The number of carbonyl (C=O) groups excluding carboxylic acids is 1. The van der Waals surface area contributed by atoms with Gasteiger partial charge < -0.3 is 4.90 Å². The molecule has 0 aliphatic carbocycles. The van der Waals surface area contributed by atoms with Crippen molar-refractivity contribution < 1.29 is 4.79 Å². The van der Waals surface area contributed by atoms with Crippen LogP contribution in [0.4, 0.5) is 0 Å². The largest absolute Gasteiger partial charge is 0.339 e. The van der Waals surface area contributed by atoms with Gasteiger partial charge in [0.1, 0.15) is 5.69 Å². The summed E-state index contributed by atoms with van der Waals surface area (Å²) < 4.78 is 1.88. The van der Waals surface area contributed by atoms with Crippen molar-refractivity contribution in [1.29, 1.82) is 0 Å². The van der Waals surface area contributed by atoms with Crippen LogP contribution >= 0.6 is 11.3 Å². The van der Waals surface area contributed by atoms with Crippen LogP contribution in [0.2, 0.25) is 0 Å². The van der Waals surface area contributed by atoms with Gasteiger partial charge in [-0.2, -0.15) is 5.10 Å². The number of para-hydroxylation sites is 1. The maximum atomic E-state index is 12.5. The van der Waals surface area contributed by atoms with Crippen LogP contribution in [0.15, 0.2) is 60.1 Å². The zero-order valence-electron chi connectivity index (χ0n) is 14.5. The number of likely N-dealkylation sites (tertiary alicyclic amines) is 1. The van der Waals surface area contributed by atoms with Gasteiger partial charge in [0.25, 0.3) is 0 Å². The molecule has 1 aromatic carbocycles. The number of hydrogen-bond acceptors (Lipinski definition) is 3. The molecule has 1 fully saturated rings. The normalized spacial score (nSPS) is 14.8. The molecule has 0 unspecified atom stereocenters. The van der Waals surface area contributed by atoms with Crippen LogP contribution in [-0.2, 0) is 4.79 Å². The molecule has 2 aromatic heterocycles. The van der Waals surface area contributed by atoms with E-state index in [1.165, 1.54) is 6.42 Å². The number of carbonyl (C=O) groups is 1. The molecule has 1 aliphatic heterocycles. The molecular formula is C21H21N3OS. The lowest BCUT2D eigenvalue weighted by Gasteiger charge is -2.25. The molecule has 26 heavy (non-hydrogen) atoms. The first-order chi connectivity index (χ1) is 12.8. The Balaban J connectivity index is 1.64. The Hall–Kier alpha value is -2.66. The second kappa shape index (κ2) is 7.70. The SMILES string of the molecule is O=C(C=Cc1cn(-c2ccccc2)nc1-c1cccs1)N1CCCCC1. The highest BCUT2D eigenvalue weighted by Gasteiger charge is 2.15. The highest BCUT2D eigenvalue weighted by Crippen LogP contribution is 2.28. The van der Waals surface area contributed by atoms with Crippen LogP contribution in [0.1, 0.15) is 24.8 Å². The molecule has 1 saturated heterocycles. The standard InChI is InChI=1S/C21H21N3OS/c25-20(23-13-5-2-6-14-23)12-11-17-16-24(18-8-3-1-4-9-18)22-21(17)19-10-7-15-26-19/h1,3-4,7-12,15-16H,2,5-6,13-14H2. The summed E-state index contributed by atoms with van der Waals surface area (Å²) in [4.78, 5) is 15.5. The van der Waals surface area contributed by atoms with Crippen molar-refractivity contribution in [3.8, 4) is 16.3 Å². The summed E-state index contributed by atoms with van der Waals surface area (Å²) in [6, 6.07) is 14.1. The summed E-state index contributed by atoms with van der Waals surface area (Å²) in [5.41, 5.74) is 2.88. The molecule has 0 radical (unpaired) electrons. The minimum absolute atomic E-state index is 0.0919. The zero-order valence-corrected chi connectivity index (χ0v) is 15.4. The molecule has 4 nitrogen and oxygen atoms in total. The van der Waals surface area contributed by atoms with Gasteiger partial charge in [-0.15, -0.1) is 11.3 Å². The van der Waals surface area contributed by atoms with Gasteiger partial charge in [0.15, 0.2) is 0 Å². The highest BCUT2D eigenvalue weighted by molar-refractivity contribution is 7.13. The van der Waals surface area contributed by atoms with Gasteiger partial charge >= 0.3 is 0 Å². The van der Waals surface area contributed by atoms with Crippen molar-refractivity contribution in [1.82, 2.24) is 14.7 Å². The van der Waals surface area contributed by atoms with Gasteiger partial charge in [0, 0.05) is 30.9 Å². The maximum absolute atomic E-state index is 12.5. The van der Waals surface area contributed by atoms with E-state index in [4.69, 9.17) is 5.10 Å². The summed E-state index contributed by atoms with van der Waals surface area (Å²) in [7, 11) is 0. The molecule has 0 atom stereocenters. The number of benzene rings is 1. The van der Waals surface area contributed by atoms with Gasteiger partial charge in [-0.25, -0.2) is 4.68 Å². The van der Waals surface area contributed by atoms with E-state index in [1.54, 1.807) is 17.4 Å². The Kier molecular flexibility index (Phi) is 4.97. The molecule has 4 rings (SSSR count). The van der Waals surface area contributed by atoms with Crippen molar-refractivity contribution >= 4 is 23.3 Å². The van der Waals surface area contributed by atoms with Crippen molar-refractivity contribution in [2.75, 3.05) is 13.1 Å². The van der Waals surface area contributed by atoms with Gasteiger partial charge in [-0.05, 0) is 48.9 Å². The fraction of sp³-hybridized carbons (Fsp3) is 0.238. The average molecular weight is 363 g/mol. The molecule has 0 N–H and O–H groups in total. The Morgan fingerprint density at radius 1 is 1.04 bits per heavy atom. The van der Waals surface area contributed by atoms with Crippen molar-refractivity contribution in [2.24, 2.45) is 0 Å². The van der Waals surface area contributed by atoms with Crippen molar-refractivity contribution in [3.05, 3.63) is 65.7 Å². The lowest BCUT2D eigenvalue weighted by atomic mass is 10.1. The summed E-state index contributed by atoms with van der Waals surface area (Å²) >= 11 is 1.66. The number of piperidine rings is 1. The number of amides is 1. The number of aromatic nitrogens is 2. The zero-order chi connectivity index (χ0) is 17.8. The van der Waals surface area contributed by atoms with E-state index < -0.39 is 0 Å². The molecule has 0 saturated carbocycles. The van der Waals surface area contributed by atoms with Crippen LogP contribution < -0.4 is 0 Å². The Morgan fingerprint density at radius 2 is 1.85 bits per heavy atom. The molecule has 5 heteroatoms. The molecule has 1 amide bonds. The third-order valence-electron chi connectivity index (χ3n) is 4.59. The monoisotopic (exact) mass is 363 g/mol. The van der Waals surface area contributed by atoms with E-state index >= 15 is 0 Å². The Labute approximate surface area is 157 Å². The minimum atomic E-state index is 0.0919. The lowest BCUT2D eigenvalue weighted by Crippen LogP contribution is -2.34. The van der Waals surface area contributed by atoms with E-state index in [1.807, 2.05) is 63.6 Å². The van der Waals surface area contributed by atoms with E-state index in [-0.39, 0.29) is 5.91 Å². The molecule has 0 spiro atoms. The van der Waals surface area contributed by atoms with Crippen LogP contribution in [0.3, 0.4) is 0 Å². The number of thiophene rings is 1. The fourth-order valence-electron chi connectivity index (χ4n) is 3.21. The second-order valence-corrected chi connectivity index (χ2v) is 7.36. The first-order valence-corrected chi connectivity index (χ1v) is 9.85. The first-order valence-electron chi connectivity index (χ1n) is 8.97. The highest BCUT2D eigenvalue weighted by atomic mass is 32.1. The predicted molar refractivity (Wildman–Crippen MR) is 106 cm³/mol. The van der Waals surface area contributed by atoms with Crippen LogP contribution in [-0.4, -0.2) is 33.7 Å². The third kappa shape index (κ3) is 3.63. The quantitative estimate of drug-likeness (QED) is 0.634. The van der Waals surface area contributed by atoms with Gasteiger partial charge in [-0.1, -0.05) is 24.3 Å². The third-order valence-corrected chi connectivity index (χ3v) is 5.47. The van der Waals surface area contributed by atoms with E-state index in [9.17, 15) is 4.79 Å². The molecule has 132 valence electrons.